The molecule has 1 rings (SSSR count). The maximum absolute atomic E-state index is 3.46. The van der Waals surface area contributed by atoms with Gasteiger partial charge in [-0.2, -0.15) is 0 Å². The first-order valence-electron chi connectivity index (χ1n) is 5.83. The highest BCUT2D eigenvalue weighted by Crippen LogP contribution is 2.07. The van der Waals surface area contributed by atoms with Crippen LogP contribution >= 0.6 is 0 Å². The van der Waals surface area contributed by atoms with E-state index >= 15 is 0 Å². The molecular weight excluding hydrogens is 174 g/mol. The third-order valence-electron chi connectivity index (χ3n) is 2.99. The Hall–Kier alpha value is -0.120. The molecule has 1 heterocycles. The molecule has 1 atom stereocenters. The number of piperazine rings is 1. The van der Waals surface area contributed by atoms with Gasteiger partial charge in [0.05, 0.1) is 0 Å². The van der Waals surface area contributed by atoms with Gasteiger partial charge in [-0.15, -0.1) is 0 Å². The maximum Gasteiger partial charge on any atom is 0.0218 e. The van der Waals surface area contributed by atoms with E-state index in [1.165, 1.54) is 45.6 Å². The molecule has 3 heteroatoms. The van der Waals surface area contributed by atoms with Gasteiger partial charge in [-0.1, -0.05) is 6.92 Å². The second-order valence-corrected chi connectivity index (χ2v) is 4.46. The first-order chi connectivity index (χ1) is 6.74. The van der Waals surface area contributed by atoms with E-state index in [4.69, 9.17) is 0 Å². The van der Waals surface area contributed by atoms with Crippen LogP contribution in [0.4, 0.5) is 0 Å². The fraction of sp³-hybridized carbons (Fsp3) is 1.00. The Balaban J connectivity index is 2.19. The van der Waals surface area contributed by atoms with Gasteiger partial charge >= 0.3 is 0 Å². The predicted octanol–water partition coefficient (Wildman–Crippen LogP) is 0.622. The van der Waals surface area contributed by atoms with E-state index in [1.54, 1.807) is 0 Å². The van der Waals surface area contributed by atoms with Crippen molar-refractivity contribution in [3.63, 3.8) is 0 Å². The molecule has 0 saturated carbocycles. The van der Waals surface area contributed by atoms with Crippen molar-refractivity contribution < 1.29 is 0 Å². The maximum atomic E-state index is 3.46. The topological polar surface area (TPSA) is 18.5 Å². The van der Waals surface area contributed by atoms with Crippen LogP contribution in [0.5, 0.6) is 0 Å². The third kappa shape index (κ3) is 3.95. The van der Waals surface area contributed by atoms with Crippen LogP contribution < -0.4 is 5.32 Å². The van der Waals surface area contributed by atoms with E-state index in [2.05, 4.69) is 36.1 Å². The van der Waals surface area contributed by atoms with Crippen LogP contribution in [0.25, 0.3) is 0 Å². The molecule has 0 aromatic rings. The van der Waals surface area contributed by atoms with Crippen molar-refractivity contribution in [2.45, 2.75) is 25.8 Å². The van der Waals surface area contributed by atoms with Gasteiger partial charge in [-0.05, 0) is 40.0 Å². The zero-order valence-electron chi connectivity index (χ0n) is 9.92. The lowest BCUT2D eigenvalue weighted by Gasteiger charge is -2.35. The van der Waals surface area contributed by atoms with E-state index in [9.17, 15) is 0 Å². The van der Waals surface area contributed by atoms with Gasteiger partial charge in [0.25, 0.3) is 0 Å². The zero-order chi connectivity index (χ0) is 10.4. The highest BCUT2D eigenvalue weighted by molar-refractivity contribution is 4.78. The summed E-state index contributed by atoms with van der Waals surface area (Å²) in [5, 5.41) is 3.46. The van der Waals surface area contributed by atoms with Gasteiger partial charge in [0, 0.05) is 25.7 Å². The standard InChI is InChI=1S/C11H25N3/c1-4-11-10-12-6-9-14(11)8-5-7-13(2)3/h11-12H,4-10H2,1-3H3. The van der Waals surface area contributed by atoms with Crippen molar-refractivity contribution in [2.75, 3.05) is 46.8 Å². The molecule has 14 heavy (non-hydrogen) atoms. The number of rotatable bonds is 5. The van der Waals surface area contributed by atoms with E-state index in [-0.39, 0.29) is 0 Å². The molecule has 0 aliphatic carbocycles. The van der Waals surface area contributed by atoms with Gasteiger partial charge < -0.3 is 10.2 Å². The molecule has 1 unspecified atom stereocenters. The monoisotopic (exact) mass is 199 g/mol. The van der Waals surface area contributed by atoms with Crippen molar-refractivity contribution in [2.24, 2.45) is 0 Å². The summed E-state index contributed by atoms with van der Waals surface area (Å²) in [4.78, 5) is 4.91. The van der Waals surface area contributed by atoms with Crippen molar-refractivity contribution in [1.29, 1.82) is 0 Å². The van der Waals surface area contributed by atoms with Crippen LogP contribution in [0, 0.1) is 0 Å². The Bertz CT molecular complexity index is 147. The van der Waals surface area contributed by atoms with Gasteiger partial charge in [0.2, 0.25) is 0 Å². The van der Waals surface area contributed by atoms with Crippen molar-refractivity contribution in [1.82, 2.24) is 15.1 Å². The molecule has 0 radical (unpaired) electrons. The lowest BCUT2D eigenvalue weighted by atomic mass is 10.1. The minimum absolute atomic E-state index is 0.769. The molecule has 0 aromatic heterocycles. The first kappa shape index (κ1) is 12.0. The van der Waals surface area contributed by atoms with E-state index < -0.39 is 0 Å². The van der Waals surface area contributed by atoms with Gasteiger partial charge in [-0.25, -0.2) is 0 Å². The summed E-state index contributed by atoms with van der Waals surface area (Å²) in [7, 11) is 4.30. The Morgan fingerprint density at radius 3 is 2.86 bits per heavy atom. The summed E-state index contributed by atoms with van der Waals surface area (Å²) in [5.74, 6) is 0. The molecule has 3 nitrogen and oxygen atoms in total. The molecule has 84 valence electrons. The van der Waals surface area contributed by atoms with Crippen molar-refractivity contribution >= 4 is 0 Å². The molecule has 0 aromatic carbocycles. The van der Waals surface area contributed by atoms with Crippen LogP contribution in [0.15, 0.2) is 0 Å². The van der Waals surface area contributed by atoms with Crippen molar-refractivity contribution in [3.8, 4) is 0 Å². The Morgan fingerprint density at radius 2 is 2.21 bits per heavy atom. The van der Waals surface area contributed by atoms with Crippen LogP contribution in [0.1, 0.15) is 19.8 Å². The molecule has 0 spiro atoms. The van der Waals surface area contributed by atoms with Crippen molar-refractivity contribution in [3.05, 3.63) is 0 Å². The fourth-order valence-corrected chi connectivity index (χ4v) is 2.09. The zero-order valence-corrected chi connectivity index (χ0v) is 9.92. The van der Waals surface area contributed by atoms with Gasteiger partial charge in [-0.3, -0.25) is 4.90 Å². The molecule has 0 bridgehead atoms. The summed E-state index contributed by atoms with van der Waals surface area (Å²) in [6.45, 7) is 8.33. The largest absolute Gasteiger partial charge is 0.314 e. The highest BCUT2D eigenvalue weighted by atomic mass is 15.2. The first-order valence-corrected chi connectivity index (χ1v) is 5.83. The average Bonchev–Trinajstić information content (AvgIpc) is 2.18. The molecule has 0 amide bonds. The van der Waals surface area contributed by atoms with Crippen LogP contribution in [-0.2, 0) is 0 Å². The Morgan fingerprint density at radius 1 is 1.43 bits per heavy atom. The lowest BCUT2D eigenvalue weighted by molar-refractivity contribution is 0.151. The molecule has 1 N–H and O–H groups in total. The minimum atomic E-state index is 0.769. The highest BCUT2D eigenvalue weighted by Gasteiger charge is 2.19. The van der Waals surface area contributed by atoms with E-state index in [0.29, 0.717) is 0 Å². The lowest BCUT2D eigenvalue weighted by Crippen LogP contribution is -2.51. The smallest absolute Gasteiger partial charge is 0.0218 e. The summed E-state index contributed by atoms with van der Waals surface area (Å²) in [5.41, 5.74) is 0. The molecular formula is C11H25N3. The van der Waals surface area contributed by atoms with E-state index in [0.717, 1.165) is 6.04 Å². The summed E-state index contributed by atoms with van der Waals surface area (Å²) < 4.78 is 0. The summed E-state index contributed by atoms with van der Waals surface area (Å²) >= 11 is 0. The average molecular weight is 199 g/mol. The van der Waals surface area contributed by atoms with Crippen LogP contribution in [0.3, 0.4) is 0 Å². The quantitative estimate of drug-likeness (QED) is 0.700. The van der Waals surface area contributed by atoms with Gasteiger partial charge in [0.1, 0.15) is 0 Å². The van der Waals surface area contributed by atoms with Crippen LogP contribution in [-0.4, -0.2) is 62.7 Å². The Kier molecular flexibility index (Phi) is 5.45. The molecule has 1 saturated heterocycles. The second kappa shape index (κ2) is 6.38. The number of hydrogen-bond donors (Lipinski definition) is 1. The normalized spacial score (nSPS) is 24.4. The molecule has 1 aliphatic heterocycles. The number of nitrogens with zero attached hydrogens (tertiary/aromatic N) is 2. The van der Waals surface area contributed by atoms with Crippen LogP contribution in [0.2, 0.25) is 0 Å². The SMILES string of the molecule is CCC1CNCCN1CCCN(C)C. The third-order valence-corrected chi connectivity index (χ3v) is 2.99. The summed E-state index contributed by atoms with van der Waals surface area (Å²) in [6, 6.07) is 0.769. The van der Waals surface area contributed by atoms with E-state index in [1.807, 2.05) is 0 Å². The molecule has 1 fully saturated rings. The Labute approximate surface area is 88.5 Å². The second-order valence-electron chi connectivity index (χ2n) is 4.46. The number of nitrogens with one attached hydrogen (secondary N) is 1. The summed E-state index contributed by atoms with van der Waals surface area (Å²) in [6.07, 6.45) is 2.57. The fourth-order valence-electron chi connectivity index (χ4n) is 2.09. The number of hydrogen-bond acceptors (Lipinski definition) is 3. The molecule has 1 aliphatic rings. The predicted molar refractivity (Wildman–Crippen MR) is 61.7 cm³/mol. The minimum Gasteiger partial charge on any atom is -0.314 e. The van der Waals surface area contributed by atoms with Gasteiger partial charge in [0.15, 0.2) is 0 Å².